The van der Waals surface area contributed by atoms with Crippen LogP contribution in [-0.4, -0.2) is 46.9 Å². The van der Waals surface area contributed by atoms with E-state index >= 15 is 0 Å². The van der Waals surface area contributed by atoms with E-state index < -0.39 is 16.1 Å². The quantitative estimate of drug-likeness (QED) is 0.695. The van der Waals surface area contributed by atoms with E-state index in [2.05, 4.69) is 5.32 Å². The Kier molecular flexibility index (Phi) is 7.34. The molecule has 0 heterocycles. The lowest BCUT2D eigenvalue weighted by Gasteiger charge is -2.30. The molecule has 0 aliphatic rings. The number of nitrogens with zero attached hydrogens (tertiary/aromatic N) is 1. The molecule has 0 saturated heterocycles. The third-order valence-corrected chi connectivity index (χ3v) is 4.34. The molecule has 124 valence electrons. The minimum Gasteiger partial charge on any atom is -0.385 e. The molecule has 0 spiro atoms. The zero-order chi connectivity index (χ0) is 16.6. The van der Waals surface area contributed by atoms with Crippen molar-refractivity contribution in [2.45, 2.75) is 25.8 Å². The molecule has 0 aromatic heterocycles. The lowest BCUT2D eigenvalue weighted by molar-refractivity contribution is -0.122. The summed E-state index contributed by atoms with van der Waals surface area (Å²) >= 11 is 0. The van der Waals surface area contributed by atoms with Crippen LogP contribution in [0.25, 0.3) is 0 Å². The van der Waals surface area contributed by atoms with Crippen LogP contribution in [0, 0.1) is 0 Å². The molecule has 0 bridgehead atoms. The highest BCUT2D eigenvalue weighted by molar-refractivity contribution is 7.92. The van der Waals surface area contributed by atoms with Gasteiger partial charge in [0.1, 0.15) is 6.04 Å². The number of nitrogens with one attached hydrogen (secondary N) is 1. The minimum absolute atomic E-state index is 0.298. The van der Waals surface area contributed by atoms with E-state index in [1.54, 1.807) is 44.4 Å². The van der Waals surface area contributed by atoms with E-state index in [1.165, 1.54) is 4.31 Å². The number of methoxy groups -OCH3 is 1. The van der Waals surface area contributed by atoms with Crippen molar-refractivity contribution in [1.82, 2.24) is 5.32 Å². The number of amides is 1. The van der Waals surface area contributed by atoms with E-state index in [9.17, 15) is 13.2 Å². The predicted octanol–water partition coefficient (Wildman–Crippen LogP) is 1.38. The van der Waals surface area contributed by atoms with Crippen LogP contribution in [0.1, 0.15) is 19.8 Å². The number of carbonyl (C=O) groups excluding carboxylic acids is 1. The molecule has 0 radical (unpaired) electrons. The van der Waals surface area contributed by atoms with Crippen molar-refractivity contribution in [1.29, 1.82) is 0 Å². The number of ether oxygens (including phenoxy) is 1. The van der Waals surface area contributed by atoms with Gasteiger partial charge in [-0.3, -0.25) is 9.10 Å². The first-order valence-corrected chi connectivity index (χ1v) is 9.07. The van der Waals surface area contributed by atoms with Crippen LogP contribution in [-0.2, 0) is 19.6 Å². The number of hydrogen-bond acceptors (Lipinski definition) is 4. The third kappa shape index (κ3) is 5.31. The number of hydrogen-bond donors (Lipinski definition) is 1. The second-order valence-electron chi connectivity index (χ2n) is 4.96. The summed E-state index contributed by atoms with van der Waals surface area (Å²) in [5.74, 6) is -0.298. The van der Waals surface area contributed by atoms with Gasteiger partial charge in [0.25, 0.3) is 0 Å². The Labute approximate surface area is 132 Å². The fourth-order valence-corrected chi connectivity index (χ4v) is 3.39. The number of benzene rings is 1. The van der Waals surface area contributed by atoms with Gasteiger partial charge in [0.15, 0.2) is 0 Å². The number of para-hydroxylation sites is 1. The minimum atomic E-state index is -3.56. The van der Waals surface area contributed by atoms with Gasteiger partial charge in [0.05, 0.1) is 11.9 Å². The van der Waals surface area contributed by atoms with Gasteiger partial charge in [-0.1, -0.05) is 25.1 Å². The molecule has 0 aliphatic carbocycles. The first kappa shape index (κ1) is 18.4. The van der Waals surface area contributed by atoms with Gasteiger partial charge in [-0.2, -0.15) is 0 Å². The summed E-state index contributed by atoms with van der Waals surface area (Å²) in [5.41, 5.74) is 0.490. The molecule has 1 aromatic carbocycles. The van der Waals surface area contributed by atoms with Crippen molar-refractivity contribution < 1.29 is 17.9 Å². The van der Waals surface area contributed by atoms with E-state index in [0.29, 0.717) is 31.7 Å². The molecule has 1 N–H and O–H groups in total. The van der Waals surface area contributed by atoms with Gasteiger partial charge in [-0.15, -0.1) is 0 Å². The molecule has 1 aromatic rings. The zero-order valence-corrected chi connectivity index (χ0v) is 14.1. The van der Waals surface area contributed by atoms with E-state index in [4.69, 9.17) is 4.74 Å². The maximum atomic E-state index is 12.3. The second kappa shape index (κ2) is 8.75. The highest BCUT2D eigenvalue weighted by Crippen LogP contribution is 2.21. The van der Waals surface area contributed by atoms with Crippen LogP contribution in [0.15, 0.2) is 30.3 Å². The third-order valence-electron chi connectivity index (χ3n) is 3.16. The summed E-state index contributed by atoms with van der Waals surface area (Å²) in [7, 11) is -1.97. The van der Waals surface area contributed by atoms with E-state index in [0.717, 1.165) is 6.26 Å². The molecule has 22 heavy (non-hydrogen) atoms. The van der Waals surface area contributed by atoms with Crippen LogP contribution in [0.4, 0.5) is 5.69 Å². The van der Waals surface area contributed by atoms with Gasteiger partial charge >= 0.3 is 0 Å². The Bertz CT molecular complexity index is 560. The van der Waals surface area contributed by atoms with E-state index in [-0.39, 0.29) is 5.91 Å². The molecule has 0 unspecified atom stereocenters. The Morgan fingerprint density at radius 1 is 1.32 bits per heavy atom. The average molecular weight is 328 g/mol. The summed E-state index contributed by atoms with van der Waals surface area (Å²) in [4.78, 5) is 12.3. The summed E-state index contributed by atoms with van der Waals surface area (Å²) in [6, 6.07) is 7.90. The van der Waals surface area contributed by atoms with Gasteiger partial charge in [0, 0.05) is 20.3 Å². The number of sulfonamides is 1. The maximum Gasteiger partial charge on any atom is 0.243 e. The number of rotatable bonds is 9. The Morgan fingerprint density at radius 2 is 1.95 bits per heavy atom. The zero-order valence-electron chi connectivity index (χ0n) is 13.3. The molecule has 6 nitrogen and oxygen atoms in total. The molecule has 1 amide bonds. The smallest absolute Gasteiger partial charge is 0.243 e. The highest BCUT2D eigenvalue weighted by atomic mass is 32.2. The lowest BCUT2D eigenvalue weighted by atomic mass is 10.2. The molecule has 0 fully saturated rings. The van der Waals surface area contributed by atoms with Crippen molar-refractivity contribution in [3.63, 3.8) is 0 Å². The van der Waals surface area contributed by atoms with Gasteiger partial charge in [-0.25, -0.2) is 8.42 Å². The Hall–Kier alpha value is -1.60. The fourth-order valence-electron chi connectivity index (χ4n) is 2.18. The SMILES string of the molecule is CC[C@H](C(=O)NCCCOC)N(c1ccccc1)S(C)(=O)=O. The molecule has 7 heteroatoms. The first-order chi connectivity index (χ1) is 10.4. The van der Waals surface area contributed by atoms with Gasteiger partial charge in [-0.05, 0) is 25.0 Å². The number of anilines is 1. The molecular weight excluding hydrogens is 304 g/mol. The maximum absolute atomic E-state index is 12.3. The van der Waals surface area contributed by atoms with Crippen LogP contribution < -0.4 is 9.62 Å². The standard InChI is InChI=1S/C15H24N2O4S/c1-4-14(15(18)16-11-8-12-21-2)17(22(3,19)20)13-9-6-5-7-10-13/h5-7,9-10,14H,4,8,11-12H2,1-3H3,(H,16,18)/t14-/m1/s1. The Balaban J connectivity index is 2.93. The molecule has 0 saturated carbocycles. The molecule has 1 atom stereocenters. The summed E-state index contributed by atoms with van der Waals surface area (Å²) in [5, 5.41) is 2.77. The van der Waals surface area contributed by atoms with Crippen molar-refractivity contribution >= 4 is 21.6 Å². The van der Waals surface area contributed by atoms with Gasteiger partial charge < -0.3 is 10.1 Å². The van der Waals surface area contributed by atoms with Gasteiger partial charge in [0.2, 0.25) is 15.9 Å². The van der Waals surface area contributed by atoms with Crippen molar-refractivity contribution in [2.24, 2.45) is 0 Å². The average Bonchev–Trinajstić information content (AvgIpc) is 2.48. The van der Waals surface area contributed by atoms with Crippen molar-refractivity contribution in [2.75, 3.05) is 30.8 Å². The largest absolute Gasteiger partial charge is 0.385 e. The first-order valence-electron chi connectivity index (χ1n) is 7.23. The summed E-state index contributed by atoms with van der Waals surface area (Å²) in [6.07, 6.45) is 2.18. The monoisotopic (exact) mass is 328 g/mol. The van der Waals surface area contributed by atoms with Crippen molar-refractivity contribution in [3.05, 3.63) is 30.3 Å². The number of carbonyl (C=O) groups is 1. The molecule has 1 rings (SSSR count). The fraction of sp³-hybridized carbons (Fsp3) is 0.533. The summed E-state index contributed by atoms with van der Waals surface area (Å²) in [6.45, 7) is 2.79. The predicted molar refractivity (Wildman–Crippen MR) is 87.3 cm³/mol. The van der Waals surface area contributed by atoms with Crippen LogP contribution >= 0.6 is 0 Å². The Morgan fingerprint density at radius 3 is 2.45 bits per heavy atom. The second-order valence-corrected chi connectivity index (χ2v) is 6.82. The van der Waals surface area contributed by atoms with Crippen LogP contribution in [0.2, 0.25) is 0 Å². The molecule has 0 aliphatic heterocycles. The highest BCUT2D eigenvalue weighted by Gasteiger charge is 2.30. The summed E-state index contributed by atoms with van der Waals surface area (Å²) < 4.78 is 30.4. The van der Waals surface area contributed by atoms with E-state index in [1.807, 2.05) is 0 Å². The lowest BCUT2D eigenvalue weighted by Crippen LogP contribution is -2.49. The van der Waals surface area contributed by atoms with Crippen LogP contribution in [0.3, 0.4) is 0 Å². The van der Waals surface area contributed by atoms with Crippen LogP contribution in [0.5, 0.6) is 0 Å². The molecular formula is C15H24N2O4S. The van der Waals surface area contributed by atoms with Crippen molar-refractivity contribution in [3.8, 4) is 0 Å². The normalized spacial score (nSPS) is 12.7. The topological polar surface area (TPSA) is 75.7 Å².